The normalized spacial score (nSPS) is 10.3. The molecular weight excluding hydrogens is 326 g/mol. The van der Waals surface area contributed by atoms with Crippen molar-refractivity contribution in [2.75, 3.05) is 18.4 Å². The van der Waals surface area contributed by atoms with Gasteiger partial charge in [0.05, 0.1) is 6.54 Å². The second kappa shape index (κ2) is 7.45. The van der Waals surface area contributed by atoms with Crippen molar-refractivity contribution < 1.29 is 4.79 Å². The maximum atomic E-state index is 11.6. The molecule has 0 unspecified atom stereocenters. The lowest BCUT2D eigenvalue weighted by Crippen LogP contribution is -2.32. The summed E-state index contributed by atoms with van der Waals surface area (Å²) in [6.07, 6.45) is 0. The second-order valence-corrected chi connectivity index (χ2v) is 5.87. The Hall–Kier alpha value is -1.14. The van der Waals surface area contributed by atoms with E-state index in [1.54, 1.807) is 0 Å². The van der Waals surface area contributed by atoms with E-state index < -0.39 is 0 Å². The summed E-state index contributed by atoms with van der Waals surface area (Å²) < 4.78 is 0.813. The number of anilines is 1. The van der Waals surface area contributed by atoms with E-state index in [0.29, 0.717) is 18.0 Å². The summed E-state index contributed by atoms with van der Waals surface area (Å²) in [5, 5.41) is 5.89. The fourth-order valence-electron chi connectivity index (χ4n) is 1.48. The SMILES string of the molecule is CC(C)CNC(=O)CNc1cccc(Br)c1C(N)=S. The summed E-state index contributed by atoms with van der Waals surface area (Å²) in [6.45, 7) is 4.96. The van der Waals surface area contributed by atoms with Gasteiger partial charge in [0.2, 0.25) is 5.91 Å². The summed E-state index contributed by atoms with van der Waals surface area (Å²) in [4.78, 5) is 11.9. The van der Waals surface area contributed by atoms with Crippen molar-refractivity contribution in [1.29, 1.82) is 0 Å². The van der Waals surface area contributed by atoms with Crippen LogP contribution in [-0.4, -0.2) is 24.0 Å². The van der Waals surface area contributed by atoms with Crippen molar-refractivity contribution in [3.05, 3.63) is 28.2 Å². The van der Waals surface area contributed by atoms with Crippen LogP contribution >= 0.6 is 28.1 Å². The molecule has 4 N–H and O–H groups in total. The third-order valence-corrected chi connectivity index (χ3v) is 3.27. The largest absolute Gasteiger partial charge is 0.389 e. The van der Waals surface area contributed by atoms with E-state index in [4.69, 9.17) is 18.0 Å². The number of carbonyl (C=O) groups is 1. The molecule has 104 valence electrons. The molecule has 0 saturated carbocycles. The lowest BCUT2D eigenvalue weighted by atomic mass is 10.1. The smallest absolute Gasteiger partial charge is 0.239 e. The van der Waals surface area contributed by atoms with E-state index in [1.807, 2.05) is 32.0 Å². The number of hydrogen-bond acceptors (Lipinski definition) is 3. The number of rotatable bonds is 6. The van der Waals surface area contributed by atoms with E-state index in [0.717, 1.165) is 10.2 Å². The molecule has 0 aliphatic rings. The maximum absolute atomic E-state index is 11.6. The predicted molar refractivity (Wildman–Crippen MR) is 86.4 cm³/mol. The molecule has 0 heterocycles. The van der Waals surface area contributed by atoms with Crippen LogP contribution in [0.3, 0.4) is 0 Å². The minimum absolute atomic E-state index is 0.0532. The Morgan fingerprint density at radius 3 is 2.74 bits per heavy atom. The van der Waals surface area contributed by atoms with Gasteiger partial charge in [-0.1, -0.05) is 32.1 Å². The highest BCUT2D eigenvalue weighted by Gasteiger charge is 2.10. The molecule has 1 aromatic carbocycles. The van der Waals surface area contributed by atoms with Crippen molar-refractivity contribution >= 4 is 44.7 Å². The van der Waals surface area contributed by atoms with Crippen LogP contribution in [0.2, 0.25) is 0 Å². The predicted octanol–water partition coefficient (Wildman–Crippen LogP) is 2.27. The topological polar surface area (TPSA) is 67.2 Å². The van der Waals surface area contributed by atoms with Gasteiger partial charge in [-0.05, 0) is 34.0 Å². The van der Waals surface area contributed by atoms with Crippen LogP contribution in [0.15, 0.2) is 22.7 Å². The van der Waals surface area contributed by atoms with E-state index >= 15 is 0 Å². The van der Waals surface area contributed by atoms with Gasteiger partial charge in [0.25, 0.3) is 0 Å². The van der Waals surface area contributed by atoms with Crippen LogP contribution in [0, 0.1) is 5.92 Å². The number of hydrogen-bond donors (Lipinski definition) is 3. The first-order valence-electron chi connectivity index (χ1n) is 6.00. The number of amides is 1. The van der Waals surface area contributed by atoms with Gasteiger partial charge in [0, 0.05) is 22.3 Å². The van der Waals surface area contributed by atoms with Crippen LogP contribution in [0.4, 0.5) is 5.69 Å². The summed E-state index contributed by atoms with van der Waals surface area (Å²) in [5.74, 6) is 0.379. The highest BCUT2D eigenvalue weighted by Crippen LogP contribution is 2.24. The Morgan fingerprint density at radius 2 is 2.16 bits per heavy atom. The van der Waals surface area contributed by atoms with Gasteiger partial charge in [0.15, 0.2) is 0 Å². The zero-order chi connectivity index (χ0) is 14.4. The van der Waals surface area contributed by atoms with Crippen LogP contribution < -0.4 is 16.4 Å². The van der Waals surface area contributed by atoms with Crippen LogP contribution in [0.1, 0.15) is 19.4 Å². The summed E-state index contributed by atoms with van der Waals surface area (Å²) in [5.41, 5.74) is 7.15. The molecule has 1 amide bonds. The van der Waals surface area contributed by atoms with Gasteiger partial charge in [-0.15, -0.1) is 0 Å². The lowest BCUT2D eigenvalue weighted by molar-refractivity contribution is -0.119. The summed E-state index contributed by atoms with van der Waals surface area (Å²) >= 11 is 8.41. The molecule has 0 spiro atoms. The quantitative estimate of drug-likeness (QED) is 0.693. The molecule has 1 rings (SSSR count). The zero-order valence-corrected chi connectivity index (χ0v) is 13.4. The van der Waals surface area contributed by atoms with Crippen LogP contribution in [0.25, 0.3) is 0 Å². The highest BCUT2D eigenvalue weighted by molar-refractivity contribution is 9.10. The van der Waals surface area contributed by atoms with E-state index in [-0.39, 0.29) is 17.4 Å². The number of nitrogens with two attached hydrogens (primary N) is 1. The first-order chi connectivity index (χ1) is 8.91. The van der Waals surface area contributed by atoms with Gasteiger partial charge >= 0.3 is 0 Å². The van der Waals surface area contributed by atoms with E-state index in [2.05, 4.69) is 26.6 Å². The van der Waals surface area contributed by atoms with E-state index in [1.165, 1.54) is 0 Å². The molecule has 0 bridgehead atoms. The maximum Gasteiger partial charge on any atom is 0.239 e. The third kappa shape index (κ3) is 5.16. The number of thiocarbonyl (C=S) groups is 1. The number of benzene rings is 1. The molecule has 4 nitrogen and oxygen atoms in total. The fourth-order valence-corrected chi connectivity index (χ4v) is 2.41. The van der Waals surface area contributed by atoms with Crippen molar-refractivity contribution in [3.8, 4) is 0 Å². The molecule has 0 aliphatic carbocycles. The molecule has 0 fully saturated rings. The Kier molecular flexibility index (Phi) is 6.24. The first kappa shape index (κ1) is 15.9. The van der Waals surface area contributed by atoms with Crippen molar-refractivity contribution in [1.82, 2.24) is 5.32 Å². The fraction of sp³-hybridized carbons (Fsp3) is 0.385. The van der Waals surface area contributed by atoms with Gasteiger partial charge in [-0.3, -0.25) is 4.79 Å². The van der Waals surface area contributed by atoms with Crippen LogP contribution in [0.5, 0.6) is 0 Å². The zero-order valence-electron chi connectivity index (χ0n) is 11.0. The molecular formula is C13H18BrN3OS. The molecule has 6 heteroatoms. The Morgan fingerprint density at radius 1 is 1.47 bits per heavy atom. The third-order valence-electron chi connectivity index (χ3n) is 2.41. The number of carbonyl (C=O) groups excluding carboxylic acids is 1. The molecule has 1 aromatic rings. The summed E-state index contributed by atoms with van der Waals surface area (Å²) in [6, 6.07) is 5.56. The molecule has 0 radical (unpaired) electrons. The Balaban J connectivity index is 2.65. The first-order valence-corrected chi connectivity index (χ1v) is 7.20. The average Bonchev–Trinajstić information content (AvgIpc) is 2.33. The number of halogens is 1. The lowest BCUT2D eigenvalue weighted by Gasteiger charge is -2.13. The molecule has 0 aromatic heterocycles. The average molecular weight is 344 g/mol. The molecule has 0 atom stereocenters. The van der Waals surface area contributed by atoms with Crippen molar-refractivity contribution in [2.24, 2.45) is 11.7 Å². The number of nitrogens with one attached hydrogen (secondary N) is 2. The molecule has 19 heavy (non-hydrogen) atoms. The standard InChI is InChI=1S/C13H18BrN3OS/c1-8(2)6-17-11(18)7-16-10-5-3-4-9(14)12(10)13(15)19/h3-5,8,16H,6-7H2,1-2H3,(H2,15,19)(H,17,18). The minimum atomic E-state index is -0.0532. The Labute approximate surface area is 127 Å². The van der Waals surface area contributed by atoms with Gasteiger partial charge in [-0.2, -0.15) is 0 Å². The molecule has 0 aliphatic heterocycles. The summed E-state index contributed by atoms with van der Waals surface area (Å²) in [7, 11) is 0. The van der Waals surface area contributed by atoms with Crippen molar-refractivity contribution in [2.45, 2.75) is 13.8 Å². The van der Waals surface area contributed by atoms with E-state index in [9.17, 15) is 4.79 Å². The van der Waals surface area contributed by atoms with Gasteiger partial charge in [-0.25, -0.2) is 0 Å². The molecule has 0 saturated heterocycles. The Bertz CT molecular complexity index is 477. The highest BCUT2D eigenvalue weighted by atomic mass is 79.9. The minimum Gasteiger partial charge on any atom is -0.389 e. The monoisotopic (exact) mass is 343 g/mol. The van der Waals surface area contributed by atoms with Crippen LogP contribution in [-0.2, 0) is 4.79 Å². The van der Waals surface area contributed by atoms with Gasteiger partial charge < -0.3 is 16.4 Å². The van der Waals surface area contributed by atoms with Gasteiger partial charge in [0.1, 0.15) is 4.99 Å². The second-order valence-electron chi connectivity index (χ2n) is 4.58. The van der Waals surface area contributed by atoms with Crippen molar-refractivity contribution in [3.63, 3.8) is 0 Å².